The smallest absolute Gasteiger partial charge is 0.164 e. The number of nitriles is 1. The lowest BCUT2D eigenvalue weighted by Gasteiger charge is -2.18. The average Bonchev–Trinajstić information content (AvgIpc) is 4.11. The van der Waals surface area contributed by atoms with E-state index < -0.39 is 0 Å². The molecule has 0 saturated heterocycles. The number of aromatic nitrogens is 3. The molecule has 4 heteroatoms. The number of fused-ring (bicyclic) bond motifs is 6. The van der Waals surface area contributed by atoms with E-state index in [1.54, 1.807) is 0 Å². The zero-order valence-corrected chi connectivity index (χ0v) is 41.0. The van der Waals surface area contributed by atoms with Crippen LogP contribution in [0.25, 0.3) is 156 Å². The Morgan fingerprint density at radius 3 is 1.32 bits per heavy atom. The fourth-order valence-corrected chi connectivity index (χ4v) is 12.0. The maximum absolute atomic E-state index is 11.2. The van der Waals surface area contributed by atoms with Gasteiger partial charge in [0, 0.05) is 27.8 Å². The Bertz CT molecular complexity index is 4580. The van der Waals surface area contributed by atoms with Crippen LogP contribution in [0.15, 0.2) is 255 Å². The van der Waals surface area contributed by atoms with Crippen LogP contribution in [0.2, 0.25) is 0 Å². The Kier molecular flexibility index (Phi) is 9.91. The van der Waals surface area contributed by atoms with Crippen molar-refractivity contribution in [2.45, 2.75) is 0 Å². The summed E-state index contributed by atoms with van der Waals surface area (Å²) in [7, 11) is 0. The lowest BCUT2D eigenvalue weighted by atomic mass is 9.84. The molecule has 0 bridgehead atoms. The number of hydrogen-bond acceptors (Lipinski definition) is 4. The van der Waals surface area contributed by atoms with Gasteiger partial charge < -0.3 is 0 Å². The van der Waals surface area contributed by atoms with E-state index >= 15 is 0 Å². The van der Waals surface area contributed by atoms with Crippen LogP contribution in [0.3, 0.4) is 0 Å². The van der Waals surface area contributed by atoms with Crippen molar-refractivity contribution >= 4 is 21.5 Å². The van der Waals surface area contributed by atoms with Crippen molar-refractivity contribution in [1.29, 1.82) is 5.26 Å². The highest BCUT2D eigenvalue weighted by molar-refractivity contribution is 6.20. The van der Waals surface area contributed by atoms with Gasteiger partial charge >= 0.3 is 0 Å². The molecule has 12 aromatic carbocycles. The molecule has 0 N–H and O–H groups in total. The first kappa shape index (κ1) is 43.3. The van der Waals surface area contributed by atoms with Crippen LogP contribution in [-0.2, 0) is 0 Å². The second kappa shape index (κ2) is 17.4. The third kappa shape index (κ3) is 6.88. The normalized spacial score (nSPS) is 11.7. The largest absolute Gasteiger partial charge is 0.208 e. The first-order valence-electron chi connectivity index (χ1n) is 25.7. The van der Waals surface area contributed by atoms with Crippen molar-refractivity contribution in [3.63, 3.8) is 0 Å². The molecule has 0 unspecified atom stereocenters. The average molecular weight is 963 g/mol. The summed E-state index contributed by atoms with van der Waals surface area (Å²) in [5.41, 5.74) is 23.7. The molecule has 1 heterocycles. The van der Waals surface area contributed by atoms with Gasteiger partial charge in [-0.1, -0.05) is 243 Å². The van der Waals surface area contributed by atoms with E-state index in [0.29, 0.717) is 23.0 Å². The van der Waals surface area contributed by atoms with E-state index in [1.807, 2.05) is 48.5 Å². The maximum atomic E-state index is 11.2. The Hall–Kier alpha value is -10.3. The molecule has 2 aliphatic carbocycles. The zero-order chi connectivity index (χ0) is 50.3. The van der Waals surface area contributed by atoms with Gasteiger partial charge in [-0.2, -0.15) is 5.26 Å². The summed E-state index contributed by atoms with van der Waals surface area (Å²) in [4.78, 5) is 15.4. The van der Waals surface area contributed by atoms with E-state index in [0.717, 1.165) is 66.8 Å². The van der Waals surface area contributed by atoms with Gasteiger partial charge in [-0.05, 0) is 123 Å². The van der Waals surface area contributed by atoms with Crippen molar-refractivity contribution in [2.24, 2.45) is 0 Å². The molecule has 76 heavy (non-hydrogen) atoms. The highest BCUT2D eigenvalue weighted by Crippen LogP contribution is 2.53. The third-order valence-corrected chi connectivity index (χ3v) is 15.5. The molecular weight excluding hydrogens is 921 g/mol. The standard InChI is InChI=1S/C72H42N4/c73-43-66-52(28-14-29-57(66)55-24-5-4-22-53(55)54-23-6-7-25-56(54)64-40-37-46-19-13-31-61-58-26-8-9-27-62(58)69(64)68(46)61)50-20-10-21-51(41-50)72-75-70(47-15-2-1-3-16-47)74-71(76-72)48-35-33-44(34-36-48)49-38-39-59-60-30-11-17-45-18-12-32-63(67(45)60)65(59)42-49/h1-42H. The zero-order valence-electron chi connectivity index (χ0n) is 41.0. The van der Waals surface area contributed by atoms with Crippen LogP contribution < -0.4 is 0 Å². The summed E-state index contributed by atoms with van der Waals surface area (Å²) >= 11 is 0. The molecule has 0 radical (unpaired) electrons. The van der Waals surface area contributed by atoms with Crippen LogP contribution in [0.1, 0.15) is 5.56 Å². The lowest BCUT2D eigenvalue weighted by molar-refractivity contribution is 1.07. The van der Waals surface area contributed by atoms with Gasteiger partial charge in [0.05, 0.1) is 5.56 Å². The molecule has 0 fully saturated rings. The van der Waals surface area contributed by atoms with Crippen LogP contribution in [-0.4, -0.2) is 15.0 Å². The molecule has 2 aliphatic rings. The Morgan fingerprint density at radius 1 is 0.237 bits per heavy atom. The first-order valence-corrected chi connectivity index (χ1v) is 25.7. The maximum Gasteiger partial charge on any atom is 0.164 e. The fraction of sp³-hybridized carbons (Fsp3) is 0. The molecule has 15 rings (SSSR count). The molecule has 1 aromatic heterocycles. The number of benzene rings is 12. The Balaban J connectivity index is 0.799. The van der Waals surface area contributed by atoms with Gasteiger partial charge in [-0.15, -0.1) is 0 Å². The van der Waals surface area contributed by atoms with Gasteiger partial charge in [-0.3, -0.25) is 0 Å². The monoisotopic (exact) mass is 962 g/mol. The Morgan fingerprint density at radius 2 is 0.645 bits per heavy atom. The number of nitrogens with zero attached hydrogens (tertiary/aromatic N) is 4. The second-order valence-corrected chi connectivity index (χ2v) is 19.7. The summed E-state index contributed by atoms with van der Waals surface area (Å²) in [5.74, 6) is 1.71. The molecule has 4 nitrogen and oxygen atoms in total. The minimum Gasteiger partial charge on any atom is -0.208 e. The SMILES string of the molecule is N#Cc1c(-c2cccc(-c3nc(-c4ccccc4)nc(-c4ccc(-c5ccc6c(c5)-c5cccc7cccc-6c57)cc4)n3)c2)cccc1-c1ccccc1-c1ccccc1-c1ccc2cccc3c2c1-c1ccccc1-3. The molecule has 350 valence electrons. The summed E-state index contributed by atoms with van der Waals surface area (Å²) in [5, 5.41) is 16.3. The van der Waals surface area contributed by atoms with E-state index in [9.17, 15) is 5.26 Å². The second-order valence-electron chi connectivity index (χ2n) is 19.7. The van der Waals surface area contributed by atoms with Crippen LogP contribution >= 0.6 is 0 Å². The van der Waals surface area contributed by atoms with Crippen LogP contribution in [0, 0.1) is 11.3 Å². The van der Waals surface area contributed by atoms with Crippen molar-refractivity contribution in [3.05, 3.63) is 260 Å². The fourth-order valence-electron chi connectivity index (χ4n) is 12.0. The van der Waals surface area contributed by atoms with Crippen molar-refractivity contribution < 1.29 is 0 Å². The minimum atomic E-state index is 0.547. The summed E-state index contributed by atoms with van der Waals surface area (Å²) in [6, 6.07) is 92.7. The van der Waals surface area contributed by atoms with Gasteiger partial charge in [0.2, 0.25) is 0 Å². The molecule has 0 saturated carbocycles. The predicted octanol–water partition coefficient (Wildman–Crippen LogP) is 18.7. The van der Waals surface area contributed by atoms with Crippen molar-refractivity contribution in [1.82, 2.24) is 15.0 Å². The van der Waals surface area contributed by atoms with Gasteiger partial charge in [0.15, 0.2) is 17.5 Å². The van der Waals surface area contributed by atoms with Gasteiger partial charge in [-0.25, -0.2) is 15.0 Å². The number of rotatable bonds is 8. The Labute approximate surface area is 440 Å². The highest BCUT2D eigenvalue weighted by Gasteiger charge is 2.27. The van der Waals surface area contributed by atoms with Crippen molar-refractivity contribution in [3.8, 4) is 140 Å². The molecule has 0 spiro atoms. The topological polar surface area (TPSA) is 62.5 Å². The summed E-state index contributed by atoms with van der Waals surface area (Å²) in [6.45, 7) is 0. The van der Waals surface area contributed by atoms with Crippen LogP contribution in [0.5, 0.6) is 0 Å². The predicted molar refractivity (Wildman–Crippen MR) is 312 cm³/mol. The molecule has 13 aromatic rings. The van der Waals surface area contributed by atoms with E-state index in [-0.39, 0.29) is 0 Å². The number of hydrogen-bond donors (Lipinski definition) is 0. The van der Waals surface area contributed by atoms with E-state index in [2.05, 4.69) is 212 Å². The van der Waals surface area contributed by atoms with Gasteiger partial charge in [0.25, 0.3) is 0 Å². The first-order chi connectivity index (χ1) is 37.6. The third-order valence-electron chi connectivity index (χ3n) is 15.5. The molecular formula is C72H42N4. The lowest BCUT2D eigenvalue weighted by Crippen LogP contribution is -2.00. The van der Waals surface area contributed by atoms with E-state index in [4.69, 9.17) is 15.0 Å². The van der Waals surface area contributed by atoms with Gasteiger partial charge in [0.1, 0.15) is 6.07 Å². The van der Waals surface area contributed by atoms with E-state index in [1.165, 1.54) is 71.6 Å². The summed E-state index contributed by atoms with van der Waals surface area (Å²) < 4.78 is 0. The van der Waals surface area contributed by atoms with Crippen molar-refractivity contribution in [2.75, 3.05) is 0 Å². The highest BCUT2D eigenvalue weighted by atomic mass is 15.0. The minimum absolute atomic E-state index is 0.547. The molecule has 0 atom stereocenters. The van der Waals surface area contributed by atoms with Crippen LogP contribution in [0.4, 0.5) is 0 Å². The molecule has 0 amide bonds. The summed E-state index contributed by atoms with van der Waals surface area (Å²) in [6.07, 6.45) is 0. The molecule has 0 aliphatic heterocycles. The quantitative estimate of drug-likeness (QED) is 0.152.